The van der Waals surface area contributed by atoms with E-state index in [1.165, 1.54) is 23.5 Å². The number of nitrogens with zero attached hydrogens (tertiary/aromatic N) is 2. The highest BCUT2D eigenvalue weighted by Gasteiger charge is 2.32. The molecule has 48 heavy (non-hydrogen) atoms. The molecule has 0 unspecified atom stereocenters. The fourth-order valence-electron chi connectivity index (χ4n) is 5.46. The highest BCUT2D eigenvalue weighted by atomic mass is 32.1. The van der Waals surface area contributed by atoms with E-state index >= 15 is 0 Å². The summed E-state index contributed by atoms with van der Waals surface area (Å²) in [6, 6.07) is 27.5. The fraction of sp³-hybridized carbons (Fsp3) is 0.184. The molecule has 0 aliphatic carbocycles. The predicted molar refractivity (Wildman–Crippen MR) is 185 cm³/mol. The first-order chi connectivity index (χ1) is 23.3. The number of hydrogen-bond acceptors (Lipinski definition) is 7. The first kappa shape index (κ1) is 32.5. The number of ether oxygens (including phenoxy) is 3. The third-order valence-electron chi connectivity index (χ3n) is 7.68. The van der Waals surface area contributed by atoms with Crippen LogP contribution in [0, 0.1) is 5.82 Å². The number of hydrogen-bond donors (Lipinski definition) is 1. The van der Waals surface area contributed by atoms with Crippen LogP contribution >= 0.6 is 11.3 Å². The number of halogens is 1. The Morgan fingerprint density at radius 3 is 2.35 bits per heavy atom. The second kappa shape index (κ2) is 14.5. The number of carbonyl (C=O) groups is 1. The van der Waals surface area contributed by atoms with Crippen LogP contribution in [-0.4, -0.2) is 23.7 Å². The van der Waals surface area contributed by atoms with Crippen molar-refractivity contribution >= 4 is 29.0 Å². The Kier molecular flexibility index (Phi) is 9.82. The molecule has 0 saturated heterocycles. The van der Waals surface area contributed by atoms with Gasteiger partial charge in [-0.2, -0.15) is 0 Å². The van der Waals surface area contributed by atoms with Crippen molar-refractivity contribution in [3.63, 3.8) is 0 Å². The van der Waals surface area contributed by atoms with Crippen molar-refractivity contribution in [2.75, 3.05) is 18.5 Å². The van der Waals surface area contributed by atoms with Crippen LogP contribution in [0.25, 0.3) is 6.08 Å². The van der Waals surface area contributed by atoms with Gasteiger partial charge in [0.1, 0.15) is 18.2 Å². The molecule has 0 saturated carbocycles. The van der Waals surface area contributed by atoms with Crippen LogP contribution in [0.3, 0.4) is 0 Å². The summed E-state index contributed by atoms with van der Waals surface area (Å²) in [5.41, 5.74) is 3.57. The molecule has 8 nitrogen and oxygen atoms in total. The molecule has 10 heteroatoms. The third kappa shape index (κ3) is 7.08. The second-order valence-electron chi connectivity index (χ2n) is 11.0. The number of carbonyl (C=O) groups excluding carboxylic acids is 1. The molecule has 0 bridgehead atoms. The summed E-state index contributed by atoms with van der Waals surface area (Å²) in [6.45, 7) is 6.75. The van der Waals surface area contributed by atoms with Gasteiger partial charge in [0.25, 0.3) is 11.5 Å². The summed E-state index contributed by atoms with van der Waals surface area (Å²) in [6.07, 6.45) is 1.79. The van der Waals surface area contributed by atoms with Crippen molar-refractivity contribution in [1.29, 1.82) is 0 Å². The van der Waals surface area contributed by atoms with E-state index in [0.717, 1.165) is 16.7 Å². The Labute approximate surface area is 281 Å². The molecule has 1 N–H and O–H groups in total. The van der Waals surface area contributed by atoms with Crippen molar-refractivity contribution in [3.05, 3.63) is 151 Å². The molecule has 1 aliphatic rings. The van der Waals surface area contributed by atoms with Gasteiger partial charge >= 0.3 is 0 Å². The molecule has 244 valence electrons. The lowest BCUT2D eigenvalue weighted by Gasteiger charge is -2.25. The molecular formula is C38H34FN3O5S. The molecular weight excluding hydrogens is 629 g/mol. The summed E-state index contributed by atoms with van der Waals surface area (Å²) < 4.78 is 32.9. The van der Waals surface area contributed by atoms with E-state index in [0.29, 0.717) is 56.8 Å². The van der Waals surface area contributed by atoms with Gasteiger partial charge < -0.3 is 19.5 Å². The zero-order valence-corrected chi connectivity index (χ0v) is 27.6. The largest absolute Gasteiger partial charge is 0.494 e. The first-order valence-electron chi connectivity index (χ1n) is 15.6. The number of para-hydroxylation sites is 1. The highest BCUT2D eigenvalue weighted by Crippen LogP contribution is 2.32. The zero-order valence-electron chi connectivity index (χ0n) is 26.7. The van der Waals surface area contributed by atoms with Crippen LogP contribution in [-0.2, 0) is 11.4 Å². The van der Waals surface area contributed by atoms with Gasteiger partial charge in [0.05, 0.1) is 35.1 Å². The number of rotatable bonds is 11. The Hall–Kier alpha value is -5.48. The Morgan fingerprint density at radius 2 is 1.65 bits per heavy atom. The minimum atomic E-state index is -0.719. The van der Waals surface area contributed by atoms with Gasteiger partial charge in [-0.1, -0.05) is 59.9 Å². The Morgan fingerprint density at radius 1 is 0.917 bits per heavy atom. The third-order valence-corrected chi connectivity index (χ3v) is 8.66. The maximum atomic E-state index is 14.2. The predicted octanol–water partition coefficient (Wildman–Crippen LogP) is 6.39. The van der Waals surface area contributed by atoms with E-state index in [1.807, 2.05) is 80.6 Å². The number of aromatic nitrogens is 1. The number of amides is 1. The van der Waals surface area contributed by atoms with E-state index in [1.54, 1.807) is 35.8 Å². The van der Waals surface area contributed by atoms with Crippen molar-refractivity contribution in [3.8, 4) is 17.2 Å². The van der Waals surface area contributed by atoms with Gasteiger partial charge in [-0.3, -0.25) is 14.2 Å². The molecule has 0 fully saturated rings. The molecule has 1 aliphatic heterocycles. The lowest BCUT2D eigenvalue weighted by atomic mass is 9.95. The summed E-state index contributed by atoms with van der Waals surface area (Å²) in [5.74, 6) is 1.09. The van der Waals surface area contributed by atoms with E-state index in [9.17, 15) is 14.0 Å². The molecule has 1 amide bonds. The van der Waals surface area contributed by atoms with Gasteiger partial charge in [0, 0.05) is 5.69 Å². The van der Waals surface area contributed by atoms with E-state index in [-0.39, 0.29) is 23.9 Å². The maximum Gasteiger partial charge on any atom is 0.271 e. The summed E-state index contributed by atoms with van der Waals surface area (Å²) in [7, 11) is 0. The molecule has 6 rings (SSSR count). The van der Waals surface area contributed by atoms with E-state index in [2.05, 4.69) is 5.32 Å². The van der Waals surface area contributed by atoms with Crippen LogP contribution in [0.5, 0.6) is 17.2 Å². The maximum absolute atomic E-state index is 14.2. The van der Waals surface area contributed by atoms with Gasteiger partial charge in [0.2, 0.25) is 0 Å². The lowest BCUT2D eigenvalue weighted by molar-refractivity contribution is -0.113. The van der Waals surface area contributed by atoms with E-state index in [4.69, 9.17) is 19.2 Å². The Bertz CT molecular complexity index is 2140. The van der Waals surface area contributed by atoms with Crippen LogP contribution in [0.4, 0.5) is 10.1 Å². The van der Waals surface area contributed by atoms with Crippen molar-refractivity contribution in [2.45, 2.75) is 33.4 Å². The van der Waals surface area contributed by atoms with Crippen LogP contribution < -0.4 is 34.4 Å². The molecule has 2 heterocycles. The Balaban J connectivity index is 1.38. The van der Waals surface area contributed by atoms with Crippen molar-refractivity contribution in [2.24, 2.45) is 4.99 Å². The number of allylic oxidation sites excluding steroid dienone is 1. The average Bonchev–Trinajstić information content (AvgIpc) is 3.39. The van der Waals surface area contributed by atoms with Crippen LogP contribution in [0.2, 0.25) is 0 Å². The topological polar surface area (TPSA) is 91.2 Å². The molecule has 4 aromatic carbocycles. The standard InChI is InChI=1S/C38H34FN3O5S/c1-4-45-30-18-14-27(15-19-30)35-34(36(43)41-29-9-7-6-8-10-29)24(3)40-38-42(35)37(44)33(48-38)22-26-13-20-31(32(21-26)46-5-2)47-23-25-11-16-28(39)17-12-25/h6-22,35H,4-5,23H2,1-3H3,(H,41,43)/b33-22-/t35-/m1/s1. The van der Waals surface area contributed by atoms with Crippen LogP contribution in [0.1, 0.15) is 43.5 Å². The molecule has 0 spiro atoms. The van der Waals surface area contributed by atoms with Gasteiger partial charge in [-0.05, 0) is 92.1 Å². The number of fused-ring (bicyclic) bond motifs is 1. The van der Waals surface area contributed by atoms with Gasteiger partial charge in [0.15, 0.2) is 16.3 Å². The second-order valence-corrected chi connectivity index (χ2v) is 12.0. The quantitative estimate of drug-likeness (QED) is 0.177. The molecule has 1 aromatic heterocycles. The lowest BCUT2D eigenvalue weighted by Crippen LogP contribution is -2.40. The summed E-state index contributed by atoms with van der Waals surface area (Å²) in [5, 5.41) is 2.97. The smallest absolute Gasteiger partial charge is 0.271 e. The number of thiazole rings is 1. The van der Waals surface area contributed by atoms with Crippen molar-refractivity contribution in [1.82, 2.24) is 4.57 Å². The minimum absolute atomic E-state index is 0.239. The van der Waals surface area contributed by atoms with E-state index < -0.39 is 6.04 Å². The monoisotopic (exact) mass is 663 g/mol. The first-order valence-corrected chi connectivity index (χ1v) is 16.4. The average molecular weight is 664 g/mol. The fourth-order valence-corrected chi connectivity index (χ4v) is 6.50. The van der Waals surface area contributed by atoms with Gasteiger partial charge in [-0.25, -0.2) is 9.38 Å². The number of benzene rings is 4. The van der Waals surface area contributed by atoms with Crippen LogP contribution in [0.15, 0.2) is 118 Å². The van der Waals surface area contributed by atoms with Crippen molar-refractivity contribution < 1.29 is 23.4 Å². The molecule has 5 aromatic rings. The normalized spacial score (nSPS) is 14.2. The van der Waals surface area contributed by atoms with Gasteiger partial charge in [-0.15, -0.1) is 0 Å². The summed E-state index contributed by atoms with van der Waals surface area (Å²) in [4.78, 5) is 33.2. The molecule has 1 atom stereocenters. The minimum Gasteiger partial charge on any atom is -0.494 e. The molecule has 0 radical (unpaired) electrons. The SMILES string of the molecule is CCOc1ccc([C@@H]2C(C(=O)Nc3ccccc3)=C(C)N=c3s/c(=C\c4ccc(OCc5ccc(F)cc5)c(OCC)c4)c(=O)n32)cc1. The zero-order chi connectivity index (χ0) is 33.6. The number of anilines is 1. The highest BCUT2D eigenvalue weighted by molar-refractivity contribution is 7.07. The summed E-state index contributed by atoms with van der Waals surface area (Å²) >= 11 is 1.26. The number of nitrogens with one attached hydrogen (secondary N) is 1.